The van der Waals surface area contributed by atoms with Gasteiger partial charge in [-0.2, -0.15) is 0 Å². The van der Waals surface area contributed by atoms with Gasteiger partial charge in [0.2, 0.25) is 0 Å². The Balaban J connectivity index is 2.46. The van der Waals surface area contributed by atoms with E-state index in [1.807, 2.05) is 6.92 Å². The van der Waals surface area contributed by atoms with Crippen molar-refractivity contribution in [3.8, 4) is 22.1 Å². The van der Waals surface area contributed by atoms with Gasteiger partial charge in [-0.05, 0) is 25.5 Å². The van der Waals surface area contributed by atoms with Gasteiger partial charge in [-0.3, -0.25) is 0 Å². The van der Waals surface area contributed by atoms with Crippen molar-refractivity contribution < 1.29 is 19.4 Å². The fourth-order valence-corrected chi connectivity index (χ4v) is 3.06. The van der Waals surface area contributed by atoms with Gasteiger partial charge in [0.25, 0.3) is 0 Å². The van der Waals surface area contributed by atoms with Crippen LogP contribution in [0.25, 0.3) is 10.6 Å². The van der Waals surface area contributed by atoms with E-state index in [1.54, 1.807) is 19.1 Å². The summed E-state index contributed by atoms with van der Waals surface area (Å²) in [5.74, 6) is 0.00407. The van der Waals surface area contributed by atoms with Crippen LogP contribution in [0.5, 0.6) is 11.5 Å². The lowest BCUT2D eigenvalue weighted by Crippen LogP contribution is -1.99. The number of hydrogen-bond donors (Lipinski definition) is 1. The van der Waals surface area contributed by atoms with Crippen LogP contribution in [0.4, 0.5) is 0 Å². The Labute approximate surface area is 137 Å². The Morgan fingerprint density at radius 1 is 1.45 bits per heavy atom. The van der Waals surface area contributed by atoms with Crippen LogP contribution in [-0.4, -0.2) is 29.8 Å². The summed E-state index contributed by atoms with van der Waals surface area (Å²) in [4.78, 5) is 15.6. The van der Waals surface area contributed by atoms with Gasteiger partial charge < -0.3 is 14.6 Å². The number of aromatic nitrogens is 1. The van der Waals surface area contributed by atoms with E-state index < -0.39 is 5.97 Å². The van der Waals surface area contributed by atoms with E-state index in [2.05, 4.69) is 4.98 Å². The summed E-state index contributed by atoms with van der Waals surface area (Å²) < 4.78 is 10.9. The molecule has 0 unspecified atom stereocenters. The van der Waals surface area contributed by atoms with Crippen molar-refractivity contribution in [3.05, 3.63) is 27.7 Å². The van der Waals surface area contributed by atoms with Gasteiger partial charge in [-0.1, -0.05) is 18.5 Å². The lowest BCUT2D eigenvalue weighted by molar-refractivity contribution is 0.0701. The fraction of sp³-hybridized carbons (Fsp3) is 0.333. The lowest BCUT2D eigenvalue weighted by Gasteiger charge is -2.13. The fourth-order valence-electron chi connectivity index (χ4n) is 1.91. The van der Waals surface area contributed by atoms with Crippen LogP contribution in [-0.2, 0) is 0 Å². The van der Waals surface area contributed by atoms with E-state index in [1.165, 1.54) is 7.11 Å². The Bertz CT molecular complexity index is 699. The first-order valence-electron chi connectivity index (χ1n) is 6.69. The number of carbonyl (C=O) groups is 1. The molecule has 1 aromatic heterocycles. The smallest absolute Gasteiger partial charge is 0.347 e. The highest BCUT2D eigenvalue weighted by Gasteiger charge is 2.18. The molecule has 22 heavy (non-hydrogen) atoms. The van der Waals surface area contributed by atoms with Gasteiger partial charge in [0.15, 0.2) is 11.5 Å². The zero-order chi connectivity index (χ0) is 16.3. The number of carboxylic acids is 1. The highest BCUT2D eigenvalue weighted by molar-refractivity contribution is 7.17. The Morgan fingerprint density at radius 2 is 2.18 bits per heavy atom. The van der Waals surface area contributed by atoms with Crippen LogP contribution >= 0.6 is 22.9 Å². The maximum absolute atomic E-state index is 11.1. The van der Waals surface area contributed by atoms with Gasteiger partial charge in [-0.15, -0.1) is 11.3 Å². The summed E-state index contributed by atoms with van der Waals surface area (Å²) in [6.07, 6.45) is 0.856. The maximum Gasteiger partial charge on any atom is 0.347 e. The number of rotatable bonds is 6. The van der Waals surface area contributed by atoms with Crippen molar-refractivity contribution in [2.45, 2.75) is 20.3 Å². The lowest BCUT2D eigenvalue weighted by atomic mass is 10.2. The summed E-state index contributed by atoms with van der Waals surface area (Å²) in [6, 6.07) is 3.46. The highest BCUT2D eigenvalue weighted by atomic mass is 35.5. The largest absolute Gasteiger partial charge is 0.493 e. The van der Waals surface area contributed by atoms with Gasteiger partial charge in [-0.25, -0.2) is 9.78 Å². The first kappa shape index (κ1) is 16.6. The molecule has 1 N–H and O–H groups in total. The number of benzene rings is 1. The average Bonchev–Trinajstić information content (AvgIpc) is 2.87. The minimum absolute atomic E-state index is 0.219. The third kappa shape index (κ3) is 3.34. The molecule has 0 saturated carbocycles. The molecule has 0 atom stereocenters. The van der Waals surface area contributed by atoms with Crippen LogP contribution in [0.15, 0.2) is 12.1 Å². The molecule has 5 nitrogen and oxygen atoms in total. The second-order valence-electron chi connectivity index (χ2n) is 4.58. The third-order valence-corrected chi connectivity index (χ3v) is 4.39. The Morgan fingerprint density at radius 3 is 2.73 bits per heavy atom. The predicted molar refractivity (Wildman–Crippen MR) is 86.6 cm³/mol. The average molecular weight is 342 g/mol. The Hall–Kier alpha value is -1.79. The van der Waals surface area contributed by atoms with Crippen molar-refractivity contribution in [3.63, 3.8) is 0 Å². The number of aromatic carboxylic acids is 1. The second kappa shape index (κ2) is 6.98. The number of ether oxygens (including phenoxy) is 2. The number of halogens is 1. The molecule has 0 aliphatic carbocycles. The van der Waals surface area contributed by atoms with Crippen LogP contribution in [0, 0.1) is 6.92 Å². The molecule has 0 bridgehead atoms. The van der Waals surface area contributed by atoms with Crippen molar-refractivity contribution in [1.29, 1.82) is 0 Å². The highest BCUT2D eigenvalue weighted by Crippen LogP contribution is 2.40. The van der Waals surface area contributed by atoms with Crippen molar-refractivity contribution in [1.82, 2.24) is 4.98 Å². The molecule has 0 amide bonds. The van der Waals surface area contributed by atoms with Gasteiger partial charge in [0, 0.05) is 5.56 Å². The molecule has 7 heteroatoms. The summed E-state index contributed by atoms with van der Waals surface area (Å²) in [5, 5.41) is 10.1. The van der Waals surface area contributed by atoms with Crippen molar-refractivity contribution in [2.24, 2.45) is 0 Å². The predicted octanol–water partition coefficient (Wildman–Crippen LogP) is 4.27. The standard InChI is InChI=1S/C15H16ClNO4S/c1-4-5-21-12-10(16)6-9(7-11(12)20-3)14-17-8(2)13(22-14)15(18)19/h6-7H,4-5H2,1-3H3,(H,18,19). The van der Waals surface area contributed by atoms with E-state index in [0.29, 0.717) is 39.4 Å². The second-order valence-corrected chi connectivity index (χ2v) is 5.98. The minimum Gasteiger partial charge on any atom is -0.493 e. The molecule has 1 aromatic carbocycles. The molecule has 0 spiro atoms. The molecule has 0 aliphatic rings. The summed E-state index contributed by atoms with van der Waals surface area (Å²) in [7, 11) is 1.53. The number of methoxy groups -OCH3 is 1. The number of nitrogens with zero attached hydrogens (tertiary/aromatic N) is 1. The maximum atomic E-state index is 11.1. The molecule has 118 valence electrons. The van der Waals surface area contributed by atoms with Gasteiger partial charge >= 0.3 is 5.97 Å². The van der Waals surface area contributed by atoms with Crippen molar-refractivity contribution >= 4 is 28.9 Å². The summed E-state index contributed by atoms with van der Waals surface area (Å²) in [5.41, 5.74) is 1.18. The normalized spacial score (nSPS) is 10.5. The summed E-state index contributed by atoms with van der Waals surface area (Å²) in [6.45, 7) is 4.20. The molecule has 0 aliphatic heterocycles. The molecule has 0 saturated heterocycles. The SMILES string of the molecule is CCCOc1c(Cl)cc(-c2nc(C)c(C(=O)O)s2)cc1OC. The van der Waals surface area contributed by atoms with E-state index >= 15 is 0 Å². The summed E-state index contributed by atoms with van der Waals surface area (Å²) >= 11 is 7.37. The molecular formula is C15H16ClNO4S. The van der Waals surface area contributed by atoms with Crippen LogP contribution in [0.1, 0.15) is 28.7 Å². The third-order valence-electron chi connectivity index (χ3n) is 2.92. The van der Waals surface area contributed by atoms with Crippen LogP contribution in [0.2, 0.25) is 5.02 Å². The first-order valence-corrected chi connectivity index (χ1v) is 7.88. The van der Waals surface area contributed by atoms with Crippen molar-refractivity contribution in [2.75, 3.05) is 13.7 Å². The van der Waals surface area contributed by atoms with E-state index in [0.717, 1.165) is 17.8 Å². The number of thiazole rings is 1. The quantitative estimate of drug-likeness (QED) is 0.849. The van der Waals surface area contributed by atoms with Crippen LogP contribution < -0.4 is 9.47 Å². The van der Waals surface area contributed by atoms with Gasteiger partial charge in [0.1, 0.15) is 9.88 Å². The molecule has 0 radical (unpaired) electrons. The Kier molecular flexibility index (Phi) is 5.26. The van der Waals surface area contributed by atoms with E-state index in [-0.39, 0.29) is 4.88 Å². The molecule has 2 aromatic rings. The number of aryl methyl sites for hydroxylation is 1. The number of hydrogen-bond acceptors (Lipinski definition) is 5. The van der Waals surface area contributed by atoms with Crippen LogP contribution in [0.3, 0.4) is 0 Å². The first-order chi connectivity index (χ1) is 10.5. The van der Waals surface area contributed by atoms with E-state index in [4.69, 9.17) is 26.2 Å². The monoisotopic (exact) mass is 341 g/mol. The van der Waals surface area contributed by atoms with Gasteiger partial charge in [0.05, 0.1) is 24.4 Å². The zero-order valence-electron chi connectivity index (χ0n) is 12.5. The molecule has 2 rings (SSSR count). The molecule has 0 fully saturated rings. The zero-order valence-corrected chi connectivity index (χ0v) is 14.0. The van der Waals surface area contributed by atoms with E-state index in [9.17, 15) is 4.79 Å². The topological polar surface area (TPSA) is 68.7 Å². The molecular weight excluding hydrogens is 326 g/mol. The molecule has 1 heterocycles. The minimum atomic E-state index is -0.984. The number of carboxylic acid groups (broad SMARTS) is 1.